The maximum Gasteiger partial charge on any atom is 0.317 e. The van der Waals surface area contributed by atoms with Crippen LogP contribution in [-0.4, -0.2) is 35.1 Å². The monoisotopic (exact) mass is 280 g/mol. The minimum Gasteiger partial charge on any atom is -0.481 e. The average molecular weight is 280 g/mol. The summed E-state index contributed by atoms with van der Waals surface area (Å²) in [4.78, 5) is 24.4. The smallest absolute Gasteiger partial charge is 0.317 e. The number of likely N-dealkylation sites (tertiary alicyclic amines) is 1. The van der Waals surface area contributed by atoms with Crippen molar-refractivity contribution in [2.45, 2.75) is 13.5 Å². The number of carbonyl (C=O) groups excluding carboxylic acids is 1. The van der Waals surface area contributed by atoms with Gasteiger partial charge in [-0.25, -0.2) is 9.18 Å². The number of carboxylic acids is 1. The predicted octanol–water partition coefficient (Wildman–Crippen LogP) is 1.69. The molecule has 108 valence electrons. The Bertz CT molecular complexity index is 521. The summed E-state index contributed by atoms with van der Waals surface area (Å²) in [5, 5.41) is 11.7. The molecule has 2 unspecified atom stereocenters. The molecule has 1 aliphatic heterocycles. The summed E-state index contributed by atoms with van der Waals surface area (Å²) in [6.45, 7) is 2.68. The van der Waals surface area contributed by atoms with Crippen LogP contribution in [0.2, 0.25) is 0 Å². The van der Waals surface area contributed by atoms with E-state index >= 15 is 0 Å². The Hall–Kier alpha value is -2.11. The molecule has 0 saturated carbocycles. The third-order valence-electron chi connectivity index (χ3n) is 3.55. The zero-order chi connectivity index (χ0) is 14.7. The van der Waals surface area contributed by atoms with Crippen molar-refractivity contribution < 1.29 is 19.1 Å². The summed E-state index contributed by atoms with van der Waals surface area (Å²) in [5.74, 6) is -1.81. The quantitative estimate of drug-likeness (QED) is 0.885. The van der Waals surface area contributed by atoms with E-state index in [0.717, 1.165) is 0 Å². The molecular weight excluding hydrogens is 263 g/mol. The van der Waals surface area contributed by atoms with E-state index in [4.69, 9.17) is 5.11 Å². The van der Waals surface area contributed by atoms with Crippen molar-refractivity contribution >= 4 is 12.0 Å². The van der Waals surface area contributed by atoms with Crippen LogP contribution in [-0.2, 0) is 11.3 Å². The first-order chi connectivity index (χ1) is 9.47. The Kier molecular flexibility index (Phi) is 4.22. The lowest BCUT2D eigenvalue weighted by atomic mass is 9.99. The lowest BCUT2D eigenvalue weighted by Crippen LogP contribution is -2.38. The van der Waals surface area contributed by atoms with Crippen molar-refractivity contribution in [2.75, 3.05) is 13.1 Å². The van der Waals surface area contributed by atoms with Crippen LogP contribution in [0.3, 0.4) is 0 Å². The zero-order valence-corrected chi connectivity index (χ0v) is 11.2. The standard InChI is InChI=1S/C14H17FN2O3/c1-9-7-17(8-12(9)13(18)19)14(20)16-6-10-3-2-4-11(15)5-10/h2-5,9,12H,6-8H2,1H3,(H,16,20)(H,18,19). The predicted molar refractivity (Wildman–Crippen MR) is 70.5 cm³/mol. The molecular formula is C14H17FN2O3. The van der Waals surface area contributed by atoms with Crippen LogP contribution in [0, 0.1) is 17.7 Å². The van der Waals surface area contributed by atoms with Gasteiger partial charge in [-0.05, 0) is 23.6 Å². The lowest BCUT2D eigenvalue weighted by molar-refractivity contribution is -0.142. The number of hydrogen-bond acceptors (Lipinski definition) is 2. The Morgan fingerprint density at radius 3 is 2.80 bits per heavy atom. The molecule has 1 heterocycles. The molecule has 1 fully saturated rings. The van der Waals surface area contributed by atoms with Crippen LogP contribution in [0.5, 0.6) is 0 Å². The molecule has 0 radical (unpaired) electrons. The molecule has 2 amide bonds. The van der Waals surface area contributed by atoms with Gasteiger partial charge >= 0.3 is 12.0 Å². The third kappa shape index (κ3) is 3.26. The van der Waals surface area contributed by atoms with Gasteiger partial charge in [0.05, 0.1) is 5.92 Å². The summed E-state index contributed by atoms with van der Waals surface area (Å²) in [6, 6.07) is 5.67. The van der Waals surface area contributed by atoms with E-state index in [0.29, 0.717) is 12.1 Å². The van der Waals surface area contributed by atoms with E-state index in [-0.39, 0.29) is 30.9 Å². The summed E-state index contributed by atoms with van der Waals surface area (Å²) >= 11 is 0. The number of rotatable bonds is 3. The second-order valence-electron chi connectivity index (χ2n) is 5.12. The summed E-state index contributed by atoms with van der Waals surface area (Å²) < 4.78 is 13.0. The summed E-state index contributed by atoms with van der Waals surface area (Å²) in [5.41, 5.74) is 0.667. The lowest BCUT2D eigenvalue weighted by Gasteiger charge is -2.16. The third-order valence-corrected chi connectivity index (χ3v) is 3.55. The van der Waals surface area contributed by atoms with E-state index in [1.165, 1.54) is 17.0 Å². The molecule has 1 aromatic carbocycles. The molecule has 5 nitrogen and oxygen atoms in total. The number of urea groups is 1. The molecule has 0 aliphatic carbocycles. The zero-order valence-electron chi connectivity index (χ0n) is 11.2. The maximum absolute atomic E-state index is 13.0. The van der Waals surface area contributed by atoms with Gasteiger partial charge in [0, 0.05) is 19.6 Å². The molecule has 0 spiro atoms. The van der Waals surface area contributed by atoms with Gasteiger partial charge in [0.1, 0.15) is 5.82 Å². The first-order valence-corrected chi connectivity index (χ1v) is 6.47. The highest BCUT2D eigenvalue weighted by atomic mass is 19.1. The highest BCUT2D eigenvalue weighted by molar-refractivity contribution is 5.77. The molecule has 1 aromatic rings. The van der Waals surface area contributed by atoms with Crippen molar-refractivity contribution in [3.05, 3.63) is 35.6 Å². The van der Waals surface area contributed by atoms with Crippen molar-refractivity contribution in [1.29, 1.82) is 0 Å². The number of nitrogens with one attached hydrogen (secondary N) is 1. The van der Waals surface area contributed by atoms with E-state index in [1.807, 2.05) is 6.92 Å². The van der Waals surface area contributed by atoms with Gasteiger partial charge in [0.25, 0.3) is 0 Å². The van der Waals surface area contributed by atoms with E-state index in [9.17, 15) is 14.0 Å². The van der Waals surface area contributed by atoms with Crippen LogP contribution in [0.4, 0.5) is 9.18 Å². The van der Waals surface area contributed by atoms with Gasteiger partial charge in [0.15, 0.2) is 0 Å². The van der Waals surface area contributed by atoms with Gasteiger partial charge in [-0.3, -0.25) is 4.79 Å². The minimum atomic E-state index is -0.877. The van der Waals surface area contributed by atoms with Crippen LogP contribution in [0.15, 0.2) is 24.3 Å². The Labute approximate surface area is 116 Å². The van der Waals surface area contributed by atoms with Gasteiger partial charge in [0.2, 0.25) is 0 Å². The van der Waals surface area contributed by atoms with Gasteiger partial charge in [-0.1, -0.05) is 19.1 Å². The fourth-order valence-electron chi connectivity index (χ4n) is 2.39. The molecule has 0 aromatic heterocycles. The molecule has 1 aliphatic rings. The fourth-order valence-corrected chi connectivity index (χ4v) is 2.39. The van der Waals surface area contributed by atoms with E-state index in [2.05, 4.69) is 5.32 Å². The van der Waals surface area contributed by atoms with Gasteiger partial charge in [-0.15, -0.1) is 0 Å². The number of halogens is 1. The number of carboxylic acid groups (broad SMARTS) is 1. The summed E-state index contributed by atoms with van der Waals surface area (Å²) in [7, 11) is 0. The van der Waals surface area contributed by atoms with Crippen molar-refractivity contribution in [1.82, 2.24) is 10.2 Å². The normalized spacial score (nSPS) is 21.8. The van der Waals surface area contributed by atoms with Crippen LogP contribution < -0.4 is 5.32 Å². The van der Waals surface area contributed by atoms with Crippen LogP contribution in [0.1, 0.15) is 12.5 Å². The molecule has 1 saturated heterocycles. The Morgan fingerprint density at radius 1 is 1.45 bits per heavy atom. The first-order valence-electron chi connectivity index (χ1n) is 6.47. The topological polar surface area (TPSA) is 69.6 Å². The molecule has 2 N–H and O–H groups in total. The fraction of sp³-hybridized carbons (Fsp3) is 0.429. The second-order valence-corrected chi connectivity index (χ2v) is 5.12. The first kappa shape index (κ1) is 14.3. The number of benzene rings is 1. The van der Waals surface area contributed by atoms with Crippen molar-refractivity contribution in [2.24, 2.45) is 11.8 Å². The molecule has 20 heavy (non-hydrogen) atoms. The number of hydrogen-bond donors (Lipinski definition) is 2. The molecule has 6 heteroatoms. The SMILES string of the molecule is CC1CN(C(=O)NCc2cccc(F)c2)CC1C(=O)O. The van der Waals surface area contributed by atoms with Crippen LogP contribution in [0.25, 0.3) is 0 Å². The van der Waals surface area contributed by atoms with Gasteiger partial charge in [-0.2, -0.15) is 0 Å². The average Bonchev–Trinajstić information content (AvgIpc) is 2.78. The Morgan fingerprint density at radius 2 is 2.20 bits per heavy atom. The van der Waals surface area contributed by atoms with E-state index in [1.54, 1.807) is 12.1 Å². The molecule has 0 bridgehead atoms. The van der Waals surface area contributed by atoms with Gasteiger partial charge < -0.3 is 15.3 Å². The summed E-state index contributed by atoms with van der Waals surface area (Å²) in [6.07, 6.45) is 0. The maximum atomic E-state index is 13.0. The van der Waals surface area contributed by atoms with Crippen molar-refractivity contribution in [3.8, 4) is 0 Å². The number of amides is 2. The Balaban J connectivity index is 1.88. The number of nitrogens with zero attached hydrogens (tertiary/aromatic N) is 1. The molecule has 2 atom stereocenters. The highest BCUT2D eigenvalue weighted by Crippen LogP contribution is 2.23. The van der Waals surface area contributed by atoms with Crippen molar-refractivity contribution in [3.63, 3.8) is 0 Å². The minimum absolute atomic E-state index is 0.0626. The highest BCUT2D eigenvalue weighted by Gasteiger charge is 2.36. The number of carbonyl (C=O) groups is 2. The second kappa shape index (κ2) is 5.90. The number of aliphatic carboxylic acids is 1. The van der Waals surface area contributed by atoms with E-state index < -0.39 is 11.9 Å². The molecule has 2 rings (SSSR count). The van der Waals surface area contributed by atoms with Crippen LogP contribution >= 0.6 is 0 Å². The largest absolute Gasteiger partial charge is 0.481 e.